The molecule has 2 rings (SSSR count). The van der Waals surface area contributed by atoms with E-state index >= 15 is 0 Å². The predicted molar refractivity (Wildman–Crippen MR) is 58.1 cm³/mol. The number of rotatable bonds is 4. The van der Waals surface area contributed by atoms with Gasteiger partial charge in [-0.25, -0.2) is 0 Å². The molecule has 0 aromatic carbocycles. The molecule has 0 aromatic heterocycles. The van der Waals surface area contributed by atoms with Crippen molar-refractivity contribution in [3.8, 4) is 0 Å². The molecule has 2 nitrogen and oxygen atoms in total. The molecule has 0 aliphatic heterocycles. The maximum Gasteiger partial charge on any atom is 0.0546 e. The third-order valence-corrected chi connectivity index (χ3v) is 4.02. The molecule has 0 heterocycles. The van der Waals surface area contributed by atoms with Gasteiger partial charge < -0.3 is 10.4 Å². The quantitative estimate of drug-likeness (QED) is 0.720. The molecule has 0 atom stereocenters. The van der Waals surface area contributed by atoms with Gasteiger partial charge in [-0.1, -0.05) is 13.8 Å². The Kier molecular flexibility index (Phi) is 3.13. The molecule has 0 radical (unpaired) electrons. The van der Waals surface area contributed by atoms with Crippen molar-refractivity contribution in [2.45, 2.75) is 51.7 Å². The van der Waals surface area contributed by atoms with Crippen molar-refractivity contribution in [1.82, 2.24) is 5.32 Å². The largest absolute Gasteiger partial charge is 0.393 e. The number of aliphatic hydroxyl groups excluding tert-OH is 1. The van der Waals surface area contributed by atoms with Crippen molar-refractivity contribution < 1.29 is 5.11 Å². The van der Waals surface area contributed by atoms with Crippen LogP contribution in [0.2, 0.25) is 0 Å². The molecule has 0 saturated heterocycles. The van der Waals surface area contributed by atoms with Crippen molar-refractivity contribution in [2.24, 2.45) is 17.8 Å². The number of nitrogens with one attached hydrogen (secondary N) is 1. The molecule has 14 heavy (non-hydrogen) atoms. The Bertz CT molecular complexity index is 181. The van der Waals surface area contributed by atoms with Crippen LogP contribution in [0.15, 0.2) is 0 Å². The van der Waals surface area contributed by atoms with Gasteiger partial charge in [0.2, 0.25) is 0 Å². The Morgan fingerprint density at radius 2 is 1.86 bits per heavy atom. The van der Waals surface area contributed by atoms with Gasteiger partial charge in [0.1, 0.15) is 0 Å². The van der Waals surface area contributed by atoms with E-state index in [2.05, 4.69) is 19.2 Å². The summed E-state index contributed by atoms with van der Waals surface area (Å²) in [6.45, 7) is 5.78. The second-order valence-corrected chi connectivity index (χ2v) is 5.57. The third kappa shape index (κ3) is 2.29. The van der Waals surface area contributed by atoms with E-state index in [1.54, 1.807) is 0 Å². The molecule has 2 aliphatic carbocycles. The minimum atomic E-state index is 0.00611. The Morgan fingerprint density at radius 1 is 1.21 bits per heavy atom. The average Bonchev–Trinajstić information content (AvgIpc) is 1.96. The smallest absolute Gasteiger partial charge is 0.0546 e. The maximum absolute atomic E-state index is 9.14. The summed E-state index contributed by atoms with van der Waals surface area (Å²) >= 11 is 0. The van der Waals surface area contributed by atoms with E-state index in [9.17, 15) is 0 Å². The fraction of sp³-hybridized carbons (Fsp3) is 1.00. The first-order chi connectivity index (χ1) is 6.65. The van der Waals surface area contributed by atoms with Crippen LogP contribution in [0.4, 0.5) is 0 Å². The van der Waals surface area contributed by atoms with E-state index in [1.165, 1.54) is 12.8 Å². The summed E-state index contributed by atoms with van der Waals surface area (Å²) in [5.41, 5.74) is 0. The summed E-state index contributed by atoms with van der Waals surface area (Å²) in [7, 11) is 0. The van der Waals surface area contributed by atoms with E-state index in [0.717, 1.165) is 43.2 Å². The van der Waals surface area contributed by atoms with Crippen molar-refractivity contribution in [3.05, 3.63) is 0 Å². The SMILES string of the molecule is CC(C)C1CC(NCC2CC(O)C2)C1. The zero-order chi connectivity index (χ0) is 10.1. The first-order valence-corrected chi connectivity index (χ1v) is 6.06. The van der Waals surface area contributed by atoms with Gasteiger partial charge >= 0.3 is 0 Å². The van der Waals surface area contributed by atoms with Crippen LogP contribution < -0.4 is 5.32 Å². The molecule has 82 valence electrons. The van der Waals surface area contributed by atoms with Gasteiger partial charge in [-0.3, -0.25) is 0 Å². The Labute approximate surface area is 87.1 Å². The van der Waals surface area contributed by atoms with Gasteiger partial charge in [-0.15, -0.1) is 0 Å². The Morgan fingerprint density at radius 3 is 2.36 bits per heavy atom. The molecular formula is C12H23NO. The Hall–Kier alpha value is -0.0800. The van der Waals surface area contributed by atoms with Crippen molar-refractivity contribution in [3.63, 3.8) is 0 Å². The van der Waals surface area contributed by atoms with Crippen LogP contribution in [0.1, 0.15) is 39.5 Å². The maximum atomic E-state index is 9.14. The van der Waals surface area contributed by atoms with Crippen LogP contribution in [-0.2, 0) is 0 Å². The van der Waals surface area contributed by atoms with Crippen molar-refractivity contribution >= 4 is 0 Å². The normalized spacial score (nSPS) is 42.0. The van der Waals surface area contributed by atoms with Gasteiger partial charge in [0.05, 0.1) is 6.10 Å². The topological polar surface area (TPSA) is 32.3 Å². The van der Waals surface area contributed by atoms with Gasteiger partial charge in [0.25, 0.3) is 0 Å². The molecule has 2 fully saturated rings. The van der Waals surface area contributed by atoms with Gasteiger partial charge in [-0.05, 0) is 50.0 Å². The molecule has 0 spiro atoms. The van der Waals surface area contributed by atoms with Crippen LogP contribution in [0.3, 0.4) is 0 Å². The zero-order valence-corrected chi connectivity index (χ0v) is 9.37. The predicted octanol–water partition coefficient (Wildman–Crippen LogP) is 1.78. The zero-order valence-electron chi connectivity index (χ0n) is 9.37. The molecule has 2 heteroatoms. The molecule has 0 unspecified atom stereocenters. The summed E-state index contributed by atoms with van der Waals surface area (Å²) in [5.74, 6) is 2.57. The van der Waals surface area contributed by atoms with Crippen molar-refractivity contribution in [1.29, 1.82) is 0 Å². The molecular weight excluding hydrogens is 174 g/mol. The summed E-state index contributed by atoms with van der Waals surface area (Å²) < 4.78 is 0. The molecule has 0 aromatic rings. The standard InChI is InChI=1S/C12H23NO/c1-8(2)10-5-11(6-10)13-7-9-3-12(14)4-9/h8-14H,3-7H2,1-2H3. The number of aliphatic hydroxyl groups is 1. The van der Waals surface area contributed by atoms with Crippen LogP contribution in [0.25, 0.3) is 0 Å². The minimum absolute atomic E-state index is 0.00611. The number of hydrogen-bond acceptors (Lipinski definition) is 2. The summed E-state index contributed by atoms with van der Waals surface area (Å²) in [5, 5.41) is 12.8. The molecule has 0 bridgehead atoms. The molecule has 2 saturated carbocycles. The van der Waals surface area contributed by atoms with Gasteiger partial charge in [0, 0.05) is 6.04 Å². The third-order valence-electron chi connectivity index (χ3n) is 4.02. The van der Waals surface area contributed by atoms with E-state index in [4.69, 9.17) is 5.11 Å². The van der Waals surface area contributed by atoms with Gasteiger partial charge in [-0.2, -0.15) is 0 Å². The second kappa shape index (κ2) is 4.19. The summed E-state index contributed by atoms with van der Waals surface area (Å²) in [6.07, 6.45) is 4.78. The highest BCUT2D eigenvalue weighted by Gasteiger charge is 2.33. The fourth-order valence-electron chi connectivity index (χ4n) is 2.57. The van der Waals surface area contributed by atoms with E-state index in [-0.39, 0.29) is 6.10 Å². The van der Waals surface area contributed by atoms with E-state index in [0.29, 0.717) is 0 Å². The summed E-state index contributed by atoms with van der Waals surface area (Å²) in [4.78, 5) is 0. The lowest BCUT2D eigenvalue weighted by molar-refractivity contribution is 0.0377. The van der Waals surface area contributed by atoms with Crippen LogP contribution in [-0.4, -0.2) is 23.8 Å². The van der Waals surface area contributed by atoms with Gasteiger partial charge in [0.15, 0.2) is 0 Å². The van der Waals surface area contributed by atoms with E-state index < -0.39 is 0 Å². The van der Waals surface area contributed by atoms with Crippen LogP contribution in [0, 0.1) is 17.8 Å². The van der Waals surface area contributed by atoms with Crippen LogP contribution in [0.5, 0.6) is 0 Å². The van der Waals surface area contributed by atoms with Crippen LogP contribution >= 0.6 is 0 Å². The summed E-state index contributed by atoms with van der Waals surface area (Å²) in [6, 6.07) is 0.778. The number of hydrogen-bond donors (Lipinski definition) is 2. The monoisotopic (exact) mass is 197 g/mol. The molecule has 2 N–H and O–H groups in total. The highest BCUT2D eigenvalue weighted by atomic mass is 16.3. The first-order valence-electron chi connectivity index (χ1n) is 6.06. The second-order valence-electron chi connectivity index (χ2n) is 5.57. The molecule has 0 amide bonds. The first kappa shape index (κ1) is 10.4. The Balaban J connectivity index is 1.52. The highest BCUT2D eigenvalue weighted by molar-refractivity contribution is 4.88. The highest BCUT2D eigenvalue weighted by Crippen LogP contribution is 2.34. The average molecular weight is 197 g/mol. The van der Waals surface area contributed by atoms with E-state index in [1.807, 2.05) is 0 Å². The fourth-order valence-corrected chi connectivity index (χ4v) is 2.57. The lowest BCUT2D eigenvalue weighted by atomic mass is 9.73. The minimum Gasteiger partial charge on any atom is -0.393 e. The lowest BCUT2D eigenvalue weighted by Gasteiger charge is -2.41. The van der Waals surface area contributed by atoms with Crippen molar-refractivity contribution in [2.75, 3.05) is 6.54 Å². The lowest BCUT2D eigenvalue weighted by Crippen LogP contribution is -2.47. The molecule has 2 aliphatic rings.